The SMILES string of the molecule is CC1CCN(CC(O)CNC(C)(C)C)C1. The lowest BCUT2D eigenvalue weighted by atomic mass is 10.1. The summed E-state index contributed by atoms with van der Waals surface area (Å²) in [7, 11) is 0. The van der Waals surface area contributed by atoms with Gasteiger partial charge in [0.15, 0.2) is 0 Å². The Bertz CT molecular complexity index is 189. The maximum atomic E-state index is 9.86. The molecule has 0 aromatic heterocycles. The van der Waals surface area contributed by atoms with E-state index in [0.717, 1.165) is 25.6 Å². The Morgan fingerprint density at radius 3 is 2.60 bits per heavy atom. The number of β-amino-alcohol motifs (C(OH)–C–C–N with tert-alkyl or cyclic N) is 1. The molecule has 1 fully saturated rings. The summed E-state index contributed by atoms with van der Waals surface area (Å²) in [5, 5.41) is 13.2. The van der Waals surface area contributed by atoms with Crippen LogP contribution in [0.3, 0.4) is 0 Å². The monoisotopic (exact) mass is 214 g/mol. The van der Waals surface area contributed by atoms with E-state index in [1.54, 1.807) is 0 Å². The van der Waals surface area contributed by atoms with Crippen molar-refractivity contribution in [2.75, 3.05) is 26.2 Å². The molecule has 2 unspecified atom stereocenters. The minimum Gasteiger partial charge on any atom is -0.390 e. The molecule has 1 saturated heterocycles. The molecule has 0 aromatic rings. The Balaban J connectivity index is 2.16. The molecule has 3 nitrogen and oxygen atoms in total. The number of nitrogens with one attached hydrogen (secondary N) is 1. The fraction of sp³-hybridized carbons (Fsp3) is 1.00. The van der Waals surface area contributed by atoms with Gasteiger partial charge in [0.25, 0.3) is 0 Å². The van der Waals surface area contributed by atoms with Crippen LogP contribution in [0, 0.1) is 5.92 Å². The molecule has 1 aliphatic rings. The Morgan fingerprint density at radius 2 is 2.13 bits per heavy atom. The summed E-state index contributed by atoms with van der Waals surface area (Å²) in [5.74, 6) is 0.799. The van der Waals surface area contributed by atoms with Gasteiger partial charge in [0, 0.05) is 25.2 Å². The first kappa shape index (κ1) is 12.9. The van der Waals surface area contributed by atoms with Gasteiger partial charge in [-0.15, -0.1) is 0 Å². The number of nitrogens with zero attached hydrogens (tertiary/aromatic N) is 1. The van der Waals surface area contributed by atoms with Crippen LogP contribution < -0.4 is 5.32 Å². The van der Waals surface area contributed by atoms with Gasteiger partial charge in [0.1, 0.15) is 0 Å². The number of aliphatic hydroxyl groups excluding tert-OH is 1. The van der Waals surface area contributed by atoms with E-state index in [4.69, 9.17) is 0 Å². The van der Waals surface area contributed by atoms with Gasteiger partial charge < -0.3 is 15.3 Å². The van der Waals surface area contributed by atoms with Crippen molar-refractivity contribution in [1.82, 2.24) is 10.2 Å². The van der Waals surface area contributed by atoms with Gasteiger partial charge in [-0.3, -0.25) is 0 Å². The van der Waals surface area contributed by atoms with Crippen LogP contribution in [0.4, 0.5) is 0 Å². The fourth-order valence-corrected chi connectivity index (χ4v) is 1.98. The molecule has 3 heteroatoms. The number of aliphatic hydroxyl groups is 1. The molecule has 1 aliphatic heterocycles. The summed E-state index contributed by atoms with van der Waals surface area (Å²) in [6.45, 7) is 12.4. The highest BCUT2D eigenvalue weighted by Crippen LogP contribution is 2.14. The predicted octanol–water partition coefficient (Wildman–Crippen LogP) is 1.08. The van der Waals surface area contributed by atoms with Crippen molar-refractivity contribution in [3.05, 3.63) is 0 Å². The number of hydrogen-bond donors (Lipinski definition) is 2. The summed E-state index contributed by atoms with van der Waals surface area (Å²) in [5.41, 5.74) is 0.0965. The second-order valence-corrected chi connectivity index (χ2v) is 5.94. The lowest BCUT2D eigenvalue weighted by Gasteiger charge is -2.25. The van der Waals surface area contributed by atoms with Gasteiger partial charge >= 0.3 is 0 Å². The molecular weight excluding hydrogens is 188 g/mol. The quantitative estimate of drug-likeness (QED) is 0.735. The third-order valence-electron chi connectivity index (χ3n) is 2.84. The van der Waals surface area contributed by atoms with Crippen molar-refractivity contribution in [3.63, 3.8) is 0 Å². The zero-order valence-electron chi connectivity index (χ0n) is 10.6. The van der Waals surface area contributed by atoms with Crippen molar-refractivity contribution < 1.29 is 5.11 Å². The van der Waals surface area contributed by atoms with Crippen LogP contribution in [-0.2, 0) is 0 Å². The van der Waals surface area contributed by atoms with E-state index >= 15 is 0 Å². The van der Waals surface area contributed by atoms with Crippen LogP contribution in [-0.4, -0.2) is 47.8 Å². The Morgan fingerprint density at radius 1 is 1.47 bits per heavy atom. The lowest BCUT2D eigenvalue weighted by Crippen LogP contribution is -2.44. The lowest BCUT2D eigenvalue weighted by molar-refractivity contribution is 0.115. The Labute approximate surface area is 93.9 Å². The Hall–Kier alpha value is -0.120. The molecule has 90 valence electrons. The van der Waals surface area contributed by atoms with E-state index in [1.807, 2.05) is 0 Å². The highest BCUT2D eigenvalue weighted by Gasteiger charge is 2.21. The molecule has 0 aliphatic carbocycles. The molecule has 0 radical (unpaired) electrons. The molecule has 0 aromatic carbocycles. The van der Waals surface area contributed by atoms with E-state index in [0.29, 0.717) is 6.54 Å². The third-order valence-corrected chi connectivity index (χ3v) is 2.84. The van der Waals surface area contributed by atoms with Crippen molar-refractivity contribution >= 4 is 0 Å². The van der Waals surface area contributed by atoms with Gasteiger partial charge in [0.05, 0.1) is 6.10 Å². The van der Waals surface area contributed by atoms with Gasteiger partial charge in [-0.05, 0) is 39.7 Å². The summed E-state index contributed by atoms with van der Waals surface area (Å²) in [6.07, 6.45) is 1.04. The first-order valence-electron chi connectivity index (χ1n) is 6.02. The average molecular weight is 214 g/mol. The zero-order chi connectivity index (χ0) is 11.5. The summed E-state index contributed by atoms with van der Waals surface area (Å²) < 4.78 is 0. The highest BCUT2D eigenvalue weighted by molar-refractivity contribution is 4.78. The van der Waals surface area contributed by atoms with Crippen LogP contribution in [0.5, 0.6) is 0 Å². The first-order chi connectivity index (χ1) is 6.87. The summed E-state index contributed by atoms with van der Waals surface area (Å²) in [6, 6.07) is 0. The van der Waals surface area contributed by atoms with Crippen LogP contribution >= 0.6 is 0 Å². The van der Waals surface area contributed by atoms with E-state index in [9.17, 15) is 5.11 Å². The van der Waals surface area contributed by atoms with Gasteiger partial charge in [-0.25, -0.2) is 0 Å². The topological polar surface area (TPSA) is 35.5 Å². The standard InChI is InChI=1S/C12H26N2O/c1-10-5-6-14(8-10)9-11(15)7-13-12(2,3)4/h10-11,13,15H,5-9H2,1-4H3. The van der Waals surface area contributed by atoms with E-state index in [2.05, 4.69) is 37.9 Å². The predicted molar refractivity (Wildman–Crippen MR) is 64.0 cm³/mol. The van der Waals surface area contributed by atoms with Crippen molar-refractivity contribution in [3.8, 4) is 0 Å². The van der Waals surface area contributed by atoms with Crippen LogP contribution in [0.2, 0.25) is 0 Å². The van der Waals surface area contributed by atoms with Crippen molar-refractivity contribution in [2.24, 2.45) is 5.92 Å². The van der Waals surface area contributed by atoms with Gasteiger partial charge in [-0.2, -0.15) is 0 Å². The smallest absolute Gasteiger partial charge is 0.0791 e. The molecule has 0 spiro atoms. The van der Waals surface area contributed by atoms with E-state index in [1.165, 1.54) is 6.42 Å². The minimum absolute atomic E-state index is 0.0965. The fourth-order valence-electron chi connectivity index (χ4n) is 1.98. The minimum atomic E-state index is -0.241. The molecule has 15 heavy (non-hydrogen) atoms. The molecule has 2 atom stereocenters. The molecule has 2 N–H and O–H groups in total. The molecular formula is C12H26N2O. The molecule has 0 bridgehead atoms. The van der Waals surface area contributed by atoms with Crippen molar-refractivity contribution in [2.45, 2.75) is 45.8 Å². The average Bonchev–Trinajstić information content (AvgIpc) is 2.47. The third kappa shape index (κ3) is 5.50. The summed E-state index contributed by atoms with van der Waals surface area (Å²) >= 11 is 0. The first-order valence-corrected chi connectivity index (χ1v) is 6.02. The zero-order valence-corrected chi connectivity index (χ0v) is 10.6. The number of rotatable bonds is 4. The van der Waals surface area contributed by atoms with Crippen LogP contribution in [0.25, 0.3) is 0 Å². The van der Waals surface area contributed by atoms with Crippen LogP contribution in [0.15, 0.2) is 0 Å². The maximum absolute atomic E-state index is 9.86. The second kappa shape index (κ2) is 5.28. The molecule has 1 heterocycles. The molecule has 0 saturated carbocycles. The largest absolute Gasteiger partial charge is 0.390 e. The summed E-state index contributed by atoms with van der Waals surface area (Å²) in [4.78, 5) is 2.36. The van der Waals surface area contributed by atoms with Crippen molar-refractivity contribution in [1.29, 1.82) is 0 Å². The number of likely N-dealkylation sites (tertiary alicyclic amines) is 1. The van der Waals surface area contributed by atoms with Crippen LogP contribution in [0.1, 0.15) is 34.1 Å². The highest BCUT2D eigenvalue weighted by atomic mass is 16.3. The normalized spacial score (nSPS) is 25.8. The molecule has 0 amide bonds. The Kier molecular flexibility index (Phi) is 4.56. The van der Waals surface area contributed by atoms with Gasteiger partial charge in [0.2, 0.25) is 0 Å². The molecule has 1 rings (SSSR count). The number of hydrogen-bond acceptors (Lipinski definition) is 3. The second-order valence-electron chi connectivity index (χ2n) is 5.94. The van der Waals surface area contributed by atoms with E-state index in [-0.39, 0.29) is 11.6 Å². The van der Waals surface area contributed by atoms with Gasteiger partial charge in [-0.1, -0.05) is 6.92 Å². The van der Waals surface area contributed by atoms with E-state index < -0.39 is 0 Å². The maximum Gasteiger partial charge on any atom is 0.0791 e.